The summed E-state index contributed by atoms with van der Waals surface area (Å²) >= 11 is 0. The van der Waals surface area contributed by atoms with Crippen molar-refractivity contribution in [3.05, 3.63) is 121 Å². The monoisotopic (exact) mass is 434 g/mol. The molecular formula is C26H22N6O. The number of carbonyl (C=O) groups excluding carboxylic acids is 1. The minimum atomic E-state index is -0.315. The summed E-state index contributed by atoms with van der Waals surface area (Å²) in [7, 11) is 0. The van der Waals surface area contributed by atoms with Crippen LogP contribution in [0.25, 0.3) is 17.1 Å². The van der Waals surface area contributed by atoms with Crippen molar-refractivity contribution in [2.24, 2.45) is 0 Å². The summed E-state index contributed by atoms with van der Waals surface area (Å²) in [5.74, 6) is 0.439. The first-order valence-corrected chi connectivity index (χ1v) is 10.7. The summed E-state index contributed by atoms with van der Waals surface area (Å²) in [6.07, 6.45) is 5.49. The third kappa shape index (κ3) is 4.72. The van der Waals surface area contributed by atoms with Crippen LogP contribution in [0.2, 0.25) is 0 Å². The van der Waals surface area contributed by atoms with Crippen LogP contribution < -0.4 is 5.32 Å². The number of benzene rings is 3. The van der Waals surface area contributed by atoms with Gasteiger partial charge in [0.25, 0.3) is 5.91 Å². The Morgan fingerprint density at radius 2 is 1.55 bits per heavy atom. The highest BCUT2D eigenvalue weighted by Gasteiger charge is 2.18. The van der Waals surface area contributed by atoms with Crippen LogP contribution in [0.5, 0.6) is 0 Å². The SMILES string of the molecule is O=C(NCc1ccc(Cn2ccnc2)cc1)c1nc(-c2ccccc2)n(-c2ccccc2)n1. The quantitative estimate of drug-likeness (QED) is 0.418. The van der Waals surface area contributed by atoms with Gasteiger partial charge in [0.05, 0.1) is 12.0 Å². The summed E-state index contributed by atoms with van der Waals surface area (Å²) in [5.41, 5.74) is 3.90. The Bertz CT molecular complexity index is 1270. The van der Waals surface area contributed by atoms with Crippen molar-refractivity contribution < 1.29 is 4.79 Å². The maximum Gasteiger partial charge on any atom is 0.291 e. The molecule has 2 aromatic heterocycles. The molecule has 0 saturated carbocycles. The Labute approximate surface area is 191 Å². The van der Waals surface area contributed by atoms with Gasteiger partial charge in [-0.3, -0.25) is 4.79 Å². The molecule has 0 bridgehead atoms. The molecule has 0 saturated heterocycles. The van der Waals surface area contributed by atoms with Crippen molar-refractivity contribution in [2.45, 2.75) is 13.1 Å². The molecule has 0 aliphatic rings. The van der Waals surface area contributed by atoms with E-state index in [9.17, 15) is 4.79 Å². The zero-order valence-corrected chi connectivity index (χ0v) is 17.9. The number of nitrogens with zero attached hydrogens (tertiary/aromatic N) is 5. The van der Waals surface area contributed by atoms with Crippen LogP contribution in [0, 0.1) is 0 Å². The molecule has 5 rings (SSSR count). The highest BCUT2D eigenvalue weighted by atomic mass is 16.2. The zero-order chi connectivity index (χ0) is 22.5. The third-order valence-electron chi connectivity index (χ3n) is 5.24. The van der Waals surface area contributed by atoms with E-state index in [0.717, 1.165) is 23.4 Å². The Morgan fingerprint density at radius 1 is 0.848 bits per heavy atom. The number of rotatable bonds is 7. The highest BCUT2D eigenvalue weighted by Crippen LogP contribution is 2.21. The van der Waals surface area contributed by atoms with Crippen molar-refractivity contribution in [1.82, 2.24) is 29.6 Å². The van der Waals surface area contributed by atoms with E-state index >= 15 is 0 Å². The Balaban J connectivity index is 1.32. The fraction of sp³-hybridized carbons (Fsp3) is 0.0769. The third-order valence-corrected chi connectivity index (χ3v) is 5.24. The first kappa shape index (κ1) is 20.4. The molecule has 0 spiro atoms. The van der Waals surface area contributed by atoms with Gasteiger partial charge in [0, 0.05) is 31.0 Å². The van der Waals surface area contributed by atoms with E-state index in [2.05, 4.69) is 32.5 Å². The van der Waals surface area contributed by atoms with Crippen LogP contribution >= 0.6 is 0 Å². The average Bonchev–Trinajstić information content (AvgIpc) is 3.55. The van der Waals surface area contributed by atoms with E-state index < -0.39 is 0 Å². The normalized spacial score (nSPS) is 10.8. The molecule has 1 amide bonds. The second-order valence-electron chi connectivity index (χ2n) is 7.61. The lowest BCUT2D eigenvalue weighted by molar-refractivity contribution is 0.0940. The van der Waals surface area contributed by atoms with Gasteiger partial charge in [-0.25, -0.2) is 14.6 Å². The molecule has 0 unspecified atom stereocenters. The molecule has 7 nitrogen and oxygen atoms in total. The predicted octanol–water partition coefficient (Wildman–Crippen LogP) is 4.11. The van der Waals surface area contributed by atoms with Gasteiger partial charge in [-0.1, -0.05) is 72.8 Å². The lowest BCUT2D eigenvalue weighted by atomic mass is 10.1. The van der Waals surface area contributed by atoms with Gasteiger partial charge in [0.15, 0.2) is 5.82 Å². The maximum absolute atomic E-state index is 12.9. The first-order valence-electron chi connectivity index (χ1n) is 10.7. The predicted molar refractivity (Wildman–Crippen MR) is 126 cm³/mol. The van der Waals surface area contributed by atoms with Crippen molar-refractivity contribution in [3.8, 4) is 17.1 Å². The van der Waals surface area contributed by atoms with E-state index in [1.807, 2.05) is 83.6 Å². The van der Waals surface area contributed by atoms with Crippen molar-refractivity contribution in [3.63, 3.8) is 0 Å². The van der Waals surface area contributed by atoms with Crippen LogP contribution in [-0.2, 0) is 13.1 Å². The molecule has 7 heteroatoms. The lowest BCUT2D eigenvalue weighted by Gasteiger charge is -2.06. The second-order valence-corrected chi connectivity index (χ2v) is 7.61. The van der Waals surface area contributed by atoms with Gasteiger partial charge < -0.3 is 9.88 Å². The van der Waals surface area contributed by atoms with Crippen molar-refractivity contribution in [2.75, 3.05) is 0 Å². The molecular weight excluding hydrogens is 412 g/mol. The summed E-state index contributed by atoms with van der Waals surface area (Å²) in [5, 5.41) is 7.44. The molecule has 33 heavy (non-hydrogen) atoms. The molecule has 0 atom stereocenters. The van der Waals surface area contributed by atoms with Crippen LogP contribution in [0.1, 0.15) is 21.7 Å². The number of aromatic nitrogens is 5. The molecule has 162 valence electrons. The van der Waals surface area contributed by atoms with E-state index in [4.69, 9.17) is 0 Å². The first-order chi connectivity index (χ1) is 16.3. The number of nitrogens with one attached hydrogen (secondary N) is 1. The highest BCUT2D eigenvalue weighted by molar-refractivity contribution is 5.91. The number of hydrogen-bond acceptors (Lipinski definition) is 4. The van der Waals surface area contributed by atoms with Crippen molar-refractivity contribution in [1.29, 1.82) is 0 Å². The number of carbonyl (C=O) groups is 1. The van der Waals surface area contributed by atoms with E-state index in [1.165, 1.54) is 5.56 Å². The maximum atomic E-state index is 12.9. The fourth-order valence-electron chi connectivity index (χ4n) is 3.55. The van der Waals surface area contributed by atoms with Gasteiger partial charge in [-0.05, 0) is 23.3 Å². The van der Waals surface area contributed by atoms with Gasteiger partial charge in [0.2, 0.25) is 5.82 Å². The average molecular weight is 435 g/mol. The Morgan fingerprint density at radius 3 is 2.24 bits per heavy atom. The standard InChI is InChI=1S/C26H22N6O/c33-26(28-17-20-11-13-21(14-12-20)18-31-16-15-27-19-31)24-29-25(22-7-3-1-4-8-22)32(30-24)23-9-5-2-6-10-23/h1-16,19H,17-18H2,(H,28,33). The fourth-order valence-corrected chi connectivity index (χ4v) is 3.55. The topological polar surface area (TPSA) is 77.6 Å². The number of imidazole rings is 1. The van der Waals surface area contributed by atoms with E-state index in [1.54, 1.807) is 17.2 Å². The largest absolute Gasteiger partial charge is 0.345 e. The summed E-state index contributed by atoms with van der Waals surface area (Å²) < 4.78 is 3.71. The van der Waals surface area contributed by atoms with Crippen molar-refractivity contribution >= 4 is 5.91 Å². The van der Waals surface area contributed by atoms with Crippen LogP contribution in [-0.4, -0.2) is 30.2 Å². The number of hydrogen-bond donors (Lipinski definition) is 1. The summed E-state index contributed by atoms with van der Waals surface area (Å²) in [4.78, 5) is 21.5. The van der Waals surface area contributed by atoms with Crippen LogP contribution in [0.15, 0.2) is 104 Å². The molecule has 0 fully saturated rings. The minimum absolute atomic E-state index is 0.134. The molecule has 0 aliphatic carbocycles. The molecule has 0 aliphatic heterocycles. The zero-order valence-electron chi connectivity index (χ0n) is 17.9. The van der Waals surface area contributed by atoms with Gasteiger partial charge in [0.1, 0.15) is 0 Å². The molecule has 2 heterocycles. The van der Waals surface area contributed by atoms with E-state index in [-0.39, 0.29) is 11.7 Å². The van der Waals surface area contributed by atoms with Crippen LogP contribution in [0.4, 0.5) is 0 Å². The molecule has 3 aromatic carbocycles. The minimum Gasteiger partial charge on any atom is -0.345 e. The number of para-hydroxylation sites is 1. The van der Waals surface area contributed by atoms with Gasteiger partial charge >= 0.3 is 0 Å². The number of amides is 1. The summed E-state index contributed by atoms with van der Waals surface area (Å²) in [6.45, 7) is 1.15. The second kappa shape index (κ2) is 9.32. The summed E-state index contributed by atoms with van der Waals surface area (Å²) in [6, 6.07) is 27.5. The lowest BCUT2D eigenvalue weighted by Crippen LogP contribution is -2.24. The molecule has 0 radical (unpaired) electrons. The van der Waals surface area contributed by atoms with Crippen LogP contribution in [0.3, 0.4) is 0 Å². The van der Waals surface area contributed by atoms with Gasteiger partial charge in [-0.2, -0.15) is 0 Å². The van der Waals surface area contributed by atoms with Gasteiger partial charge in [-0.15, -0.1) is 5.10 Å². The Hall–Kier alpha value is -4.52. The smallest absolute Gasteiger partial charge is 0.291 e. The molecule has 1 N–H and O–H groups in total. The van der Waals surface area contributed by atoms with E-state index in [0.29, 0.717) is 12.4 Å². The molecule has 5 aromatic rings. The Kier molecular flexibility index (Phi) is 5.75.